The highest BCUT2D eigenvalue weighted by molar-refractivity contribution is 7.08. The molecule has 0 saturated carbocycles. The number of carbonyl (C=O) groups excluding carboxylic acids is 1. The Kier molecular flexibility index (Phi) is 3.97. The highest BCUT2D eigenvalue weighted by Gasteiger charge is 2.40. The molecule has 2 aromatic heterocycles. The van der Waals surface area contributed by atoms with E-state index in [1.54, 1.807) is 29.8 Å². The molecule has 0 aliphatic carbocycles. The van der Waals surface area contributed by atoms with E-state index in [2.05, 4.69) is 14.9 Å². The molecule has 4 heterocycles. The lowest BCUT2D eigenvalue weighted by molar-refractivity contribution is -0.125. The van der Waals surface area contributed by atoms with Gasteiger partial charge in [0.15, 0.2) is 0 Å². The number of rotatable bonds is 2. The Bertz CT molecular complexity index is 664. The Morgan fingerprint density at radius 1 is 1.26 bits per heavy atom. The summed E-state index contributed by atoms with van der Waals surface area (Å²) in [5.74, 6) is 0.804. The number of thiophene rings is 1. The molecule has 2 fully saturated rings. The standard InChI is InChI=1S/C16H18N4O2S/c21-15-13-2-6-19(16-17-4-1-5-18-16)10-14(13)22-8-7-20(15)12-3-9-23-11-12/h1,3-5,9,11,13-14H,2,6-8,10H2/t13-,14+/m1/s1. The van der Waals surface area contributed by atoms with Crippen LogP contribution in [0.2, 0.25) is 0 Å². The Morgan fingerprint density at radius 3 is 2.91 bits per heavy atom. The molecule has 0 bridgehead atoms. The number of piperidine rings is 1. The fourth-order valence-electron chi connectivity index (χ4n) is 3.28. The zero-order chi connectivity index (χ0) is 15.6. The summed E-state index contributed by atoms with van der Waals surface area (Å²) in [7, 11) is 0. The van der Waals surface area contributed by atoms with Crippen molar-refractivity contribution in [2.75, 3.05) is 36.0 Å². The van der Waals surface area contributed by atoms with Gasteiger partial charge in [0.1, 0.15) is 0 Å². The van der Waals surface area contributed by atoms with Crippen LogP contribution in [0.15, 0.2) is 35.3 Å². The SMILES string of the molecule is O=C1[C@@H]2CCN(c3ncccn3)C[C@@H]2OCCN1c1ccsc1. The number of hydrogen-bond donors (Lipinski definition) is 0. The van der Waals surface area contributed by atoms with Crippen molar-refractivity contribution in [3.05, 3.63) is 35.3 Å². The summed E-state index contributed by atoms with van der Waals surface area (Å²) in [5.41, 5.74) is 0.984. The molecular formula is C16H18N4O2S. The topological polar surface area (TPSA) is 58.6 Å². The maximum Gasteiger partial charge on any atom is 0.232 e. The Morgan fingerprint density at radius 2 is 2.13 bits per heavy atom. The smallest absolute Gasteiger partial charge is 0.232 e. The fraction of sp³-hybridized carbons (Fsp3) is 0.438. The van der Waals surface area contributed by atoms with Crippen LogP contribution in [0.25, 0.3) is 0 Å². The largest absolute Gasteiger partial charge is 0.374 e. The first-order valence-electron chi connectivity index (χ1n) is 7.80. The normalized spacial score (nSPS) is 25.1. The first kappa shape index (κ1) is 14.6. The zero-order valence-electron chi connectivity index (χ0n) is 12.7. The Hall–Kier alpha value is -1.99. The second-order valence-corrected chi connectivity index (χ2v) is 6.55. The maximum atomic E-state index is 12.9. The minimum atomic E-state index is -0.0938. The predicted octanol–water partition coefficient (Wildman–Crippen LogP) is 1.80. The van der Waals surface area contributed by atoms with Crippen molar-refractivity contribution >= 4 is 28.9 Å². The minimum Gasteiger partial charge on any atom is -0.374 e. The summed E-state index contributed by atoms with van der Waals surface area (Å²) < 4.78 is 6.00. The average Bonchev–Trinajstić information content (AvgIpc) is 3.08. The molecule has 2 aromatic rings. The number of aromatic nitrogens is 2. The highest BCUT2D eigenvalue weighted by atomic mass is 32.1. The van der Waals surface area contributed by atoms with Gasteiger partial charge in [-0.05, 0) is 23.9 Å². The first-order valence-corrected chi connectivity index (χ1v) is 8.74. The molecule has 1 amide bonds. The van der Waals surface area contributed by atoms with Crippen LogP contribution >= 0.6 is 11.3 Å². The van der Waals surface area contributed by atoms with Gasteiger partial charge < -0.3 is 14.5 Å². The number of amides is 1. The molecular weight excluding hydrogens is 312 g/mol. The molecule has 2 aliphatic heterocycles. The summed E-state index contributed by atoms with van der Waals surface area (Å²) >= 11 is 1.61. The number of fused-ring (bicyclic) bond motifs is 1. The predicted molar refractivity (Wildman–Crippen MR) is 88.8 cm³/mol. The molecule has 0 unspecified atom stereocenters. The van der Waals surface area contributed by atoms with Crippen LogP contribution in [0.1, 0.15) is 6.42 Å². The van der Waals surface area contributed by atoms with Crippen LogP contribution < -0.4 is 9.80 Å². The summed E-state index contributed by atoms with van der Waals surface area (Å²) in [6.07, 6.45) is 4.16. The number of anilines is 2. The van der Waals surface area contributed by atoms with Crippen LogP contribution in [0, 0.1) is 5.92 Å². The van der Waals surface area contributed by atoms with Gasteiger partial charge >= 0.3 is 0 Å². The van der Waals surface area contributed by atoms with Crippen molar-refractivity contribution in [3.8, 4) is 0 Å². The van der Waals surface area contributed by atoms with Gasteiger partial charge in [0.05, 0.1) is 24.3 Å². The quantitative estimate of drug-likeness (QED) is 0.840. The van der Waals surface area contributed by atoms with Crippen molar-refractivity contribution < 1.29 is 9.53 Å². The van der Waals surface area contributed by atoms with Crippen LogP contribution in [-0.4, -0.2) is 48.2 Å². The van der Waals surface area contributed by atoms with Crippen LogP contribution in [-0.2, 0) is 9.53 Å². The molecule has 23 heavy (non-hydrogen) atoms. The minimum absolute atomic E-state index is 0.0858. The number of ether oxygens (including phenoxy) is 1. The molecule has 7 heteroatoms. The monoisotopic (exact) mass is 330 g/mol. The summed E-state index contributed by atoms with van der Waals surface area (Å²) in [4.78, 5) is 25.5. The van der Waals surface area contributed by atoms with Gasteiger partial charge in [0.2, 0.25) is 11.9 Å². The van der Waals surface area contributed by atoms with E-state index < -0.39 is 0 Å². The van der Waals surface area contributed by atoms with Crippen LogP contribution in [0.4, 0.5) is 11.6 Å². The van der Waals surface area contributed by atoms with Crippen molar-refractivity contribution in [2.24, 2.45) is 5.92 Å². The van der Waals surface area contributed by atoms with Gasteiger partial charge in [-0.2, -0.15) is 11.3 Å². The van der Waals surface area contributed by atoms with E-state index in [-0.39, 0.29) is 17.9 Å². The van der Waals surface area contributed by atoms with E-state index in [0.717, 1.165) is 18.7 Å². The summed E-state index contributed by atoms with van der Waals surface area (Å²) in [6, 6.07) is 3.80. The third kappa shape index (κ3) is 2.82. The Balaban J connectivity index is 1.52. The molecule has 2 saturated heterocycles. The van der Waals surface area contributed by atoms with Crippen LogP contribution in [0.5, 0.6) is 0 Å². The lowest BCUT2D eigenvalue weighted by Crippen LogP contribution is -2.49. The molecule has 0 spiro atoms. The molecule has 120 valence electrons. The number of hydrogen-bond acceptors (Lipinski definition) is 6. The van der Waals surface area contributed by atoms with Crippen molar-refractivity contribution in [1.29, 1.82) is 0 Å². The fourth-order valence-corrected chi connectivity index (χ4v) is 3.92. The van der Waals surface area contributed by atoms with Gasteiger partial charge in [-0.1, -0.05) is 0 Å². The van der Waals surface area contributed by atoms with E-state index in [4.69, 9.17) is 4.74 Å². The molecule has 0 N–H and O–H groups in total. The van der Waals surface area contributed by atoms with Gasteiger partial charge in [-0.3, -0.25) is 4.79 Å². The highest BCUT2D eigenvalue weighted by Crippen LogP contribution is 2.30. The van der Waals surface area contributed by atoms with Gasteiger partial charge in [0, 0.05) is 37.4 Å². The van der Waals surface area contributed by atoms with Gasteiger partial charge in [0.25, 0.3) is 0 Å². The lowest BCUT2D eigenvalue weighted by atomic mass is 9.92. The van der Waals surface area contributed by atoms with E-state index in [0.29, 0.717) is 25.6 Å². The van der Waals surface area contributed by atoms with Gasteiger partial charge in [-0.25, -0.2) is 9.97 Å². The van der Waals surface area contributed by atoms with Crippen molar-refractivity contribution in [1.82, 2.24) is 9.97 Å². The van der Waals surface area contributed by atoms with E-state index in [9.17, 15) is 4.79 Å². The third-order valence-corrected chi connectivity index (χ3v) is 5.11. The molecule has 0 radical (unpaired) electrons. The first-order chi connectivity index (χ1) is 11.3. The number of carbonyl (C=O) groups is 1. The second kappa shape index (κ2) is 6.25. The lowest BCUT2D eigenvalue weighted by Gasteiger charge is -2.36. The van der Waals surface area contributed by atoms with E-state index >= 15 is 0 Å². The van der Waals surface area contributed by atoms with Gasteiger partial charge in [-0.15, -0.1) is 0 Å². The molecule has 4 rings (SSSR count). The van der Waals surface area contributed by atoms with Crippen LogP contribution in [0.3, 0.4) is 0 Å². The molecule has 2 aliphatic rings. The summed E-state index contributed by atoms with van der Waals surface area (Å²) in [6.45, 7) is 2.62. The van der Waals surface area contributed by atoms with E-state index in [1.165, 1.54) is 0 Å². The van der Waals surface area contributed by atoms with Crippen molar-refractivity contribution in [2.45, 2.75) is 12.5 Å². The maximum absolute atomic E-state index is 12.9. The third-order valence-electron chi connectivity index (χ3n) is 4.44. The second-order valence-electron chi connectivity index (χ2n) is 5.77. The zero-order valence-corrected chi connectivity index (χ0v) is 13.5. The average molecular weight is 330 g/mol. The molecule has 2 atom stereocenters. The van der Waals surface area contributed by atoms with E-state index in [1.807, 2.05) is 21.7 Å². The molecule has 0 aromatic carbocycles. The number of nitrogens with zero attached hydrogens (tertiary/aromatic N) is 4. The molecule has 6 nitrogen and oxygen atoms in total. The van der Waals surface area contributed by atoms with Crippen molar-refractivity contribution in [3.63, 3.8) is 0 Å². The summed E-state index contributed by atoms with van der Waals surface area (Å²) in [5, 5.41) is 4.02. The Labute approximate surface area is 138 Å².